The molecule has 0 bridgehead atoms. The van der Waals surface area contributed by atoms with Gasteiger partial charge in [0.25, 0.3) is 0 Å². The van der Waals surface area contributed by atoms with Gasteiger partial charge in [0.15, 0.2) is 11.5 Å². The molecule has 4 rings (SSSR count). The van der Waals surface area contributed by atoms with Crippen molar-refractivity contribution in [2.45, 2.75) is 51.6 Å². The molecular formula is C26H34N4O2. The third kappa shape index (κ3) is 4.96. The van der Waals surface area contributed by atoms with Gasteiger partial charge in [0.2, 0.25) is 0 Å². The zero-order chi connectivity index (χ0) is 22.7. The van der Waals surface area contributed by atoms with Crippen LogP contribution in [-0.2, 0) is 12.0 Å². The van der Waals surface area contributed by atoms with Crippen LogP contribution in [0, 0.1) is 0 Å². The molecule has 3 aromatic rings. The number of rotatable bonds is 6. The zero-order valence-corrected chi connectivity index (χ0v) is 19.8. The van der Waals surface area contributed by atoms with Crippen LogP contribution in [0.3, 0.4) is 0 Å². The molecule has 0 aliphatic carbocycles. The number of piperidine rings is 1. The number of likely N-dealkylation sites (tertiary alicyclic amines) is 1. The first kappa shape index (κ1) is 22.3. The number of fused-ring (bicyclic) bond motifs is 1. The van der Waals surface area contributed by atoms with Crippen molar-refractivity contribution < 1.29 is 9.47 Å². The molecule has 6 nitrogen and oxygen atoms in total. The Hall–Kier alpha value is -2.86. The van der Waals surface area contributed by atoms with Crippen molar-refractivity contribution in [1.82, 2.24) is 14.9 Å². The van der Waals surface area contributed by atoms with E-state index in [4.69, 9.17) is 19.4 Å². The van der Waals surface area contributed by atoms with Gasteiger partial charge in [-0.1, -0.05) is 51.1 Å². The smallest absolute Gasteiger partial charge is 0.162 e. The van der Waals surface area contributed by atoms with Gasteiger partial charge < -0.3 is 14.8 Å². The van der Waals surface area contributed by atoms with Crippen LogP contribution in [0.5, 0.6) is 11.5 Å². The molecule has 2 heterocycles. The summed E-state index contributed by atoms with van der Waals surface area (Å²) >= 11 is 0. The van der Waals surface area contributed by atoms with Crippen LogP contribution in [0.1, 0.15) is 45.0 Å². The van der Waals surface area contributed by atoms with Crippen LogP contribution in [-0.4, -0.2) is 48.2 Å². The number of hydrogen-bond donors (Lipinski definition) is 1. The van der Waals surface area contributed by atoms with Crippen LogP contribution >= 0.6 is 0 Å². The summed E-state index contributed by atoms with van der Waals surface area (Å²) in [5.74, 6) is 3.06. The normalized spacial score (nSPS) is 15.7. The summed E-state index contributed by atoms with van der Waals surface area (Å²) in [6.07, 6.45) is 2.16. The van der Waals surface area contributed by atoms with Crippen molar-refractivity contribution >= 4 is 16.7 Å². The standard InChI is InChI=1S/C26H34N4O2/c1-26(2,3)25-28-21-16-23(32-5)22(31-4)15-20(21)24(29-25)27-19-11-13-30(14-12-19)17-18-9-7-6-8-10-18/h6-10,15-16,19H,11-14,17H2,1-5H3,(H,27,28,29). The van der Waals surface area contributed by atoms with Crippen molar-refractivity contribution in [2.24, 2.45) is 0 Å². The number of aromatic nitrogens is 2. The topological polar surface area (TPSA) is 59.5 Å². The minimum Gasteiger partial charge on any atom is -0.493 e. The Morgan fingerprint density at radius 2 is 1.62 bits per heavy atom. The van der Waals surface area contributed by atoms with E-state index < -0.39 is 0 Å². The van der Waals surface area contributed by atoms with Gasteiger partial charge in [-0.15, -0.1) is 0 Å². The van der Waals surface area contributed by atoms with E-state index in [2.05, 4.69) is 61.3 Å². The monoisotopic (exact) mass is 434 g/mol. The Labute approximate surface area is 191 Å². The molecule has 1 N–H and O–H groups in total. The number of ether oxygens (including phenoxy) is 2. The van der Waals surface area contributed by atoms with Crippen molar-refractivity contribution in [3.8, 4) is 11.5 Å². The van der Waals surface area contributed by atoms with Gasteiger partial charge >= 0.3 is 0 Å². The maximum atomic E-state index is 5.54. The molecular weight excluding hydrogens is 400 g/mol. The highest BCUT2D eigenvalue weighted by atomic mass is 16.5. The van der Waals surface area contributed by atoms with Crippen LogP contribution in [0.25, 0.3) is 10.9 Å². The van der Waals surface area contributed by atoms with Crippen molar-refractivity contribution in [1.29, 1.82) is 0 Å². The fourth-order valence-corrected chi connectivity index (χ4v) is 4.17. The van der Waals surface area contributed by atoms with E-state index in [1.807, 2.05) is 12.1 Å². The Bertz CT molecular complexity index is 1050. The van der Waals surface area contributed by atoms with Crippen molar-refractivity contribution in [3.63, 3.8) is 0 Å². The first-order chi connectivity index (χ1) is 15.4. The van der Waals surface area contributed by atoms with E-state index in [0.717, 1.165) is 55.0 Å². The lowest BCUT2D eigenvalue weighted by atomic mass is 9.95. The summed E-state index contributed by atoms with van der Waals surface area (Å²) < 4.78 is 11.1. The van der Waals surface area contributed by atoms with Crippen molar-refractivity contribution in [2.75, 3.05) is 32.6 Å². The van der Waals surface area contributed by atoms with E-state index in [9.17, 15) is 0 Å². The molecule has 170 valence electrons. The van der Waals surface area contributed by atoms with Crippen LogP contribution < -0.4 is 14.8 Å². The van der Waals surface area contributed by atoms with Gasteiger partial charge in [-0.2, -0.15) is 0 Å². The van der Waals surface area contributed by atoms with E-state index in [1.165, 1.54) is 5.56 Å². The van der Waals surface area contributed by atoms with Gasteiger partial charge in [0, 0.05) is 42.5 Å². The van der Waals surface area contributed by atoms with Crippen LogP contribution in [0.15, 0.2) is 42.5 Å². The second-order valence-electron chi connectivity index (χ2n) is 9.55. The predicted molar refractivity (Wildman–Crippen MR) is 130 cm³/mol. The molecule has 0 unspecified atom stereocenters. The summed E-state index contributed by atoms with van der Waals surface area (Å²) in [7, 11) is 3.31. The molecule has 6 heteroatoms. The average molecular weight is 435 g/mol. The number of anilines is 1. The van der Waals surface area contributed by atoms with Crippen LogP contribution in [0.2, 0.25) is 0 Å². The third-order valence-corrected chi connectivity index (χ3v) is 6.05. The largest absolute Gasteiger partial charge is 0.493 e. The summed E-state index contributed by atoms with van der Waals surface area (Å²) in [5, 5.41) is 4.70. The highest BCUT2D eigenvalue weighted by Gasteiger charge is 2.24. The molecule has 1 fully saturated rings. The maximum Gasteiger partial charge on any atom is 0.162 e. The molecule has 2 aromatic carbocycles. The molecule has 1 aliphatic heterocycles. The molecule has 1 aliphatic rings. The molecule has 1 aromatic heterocycles. The average Bonchev–Trinajstić information content (AvgIpc) is 2.79. The molecule has 1 saturated heterocycles. The molecule has 32 heavy (non-hydrogen) atoms. The Morgan fingerprint density at radius 1 is 0.969 bits per heavy atom. The summed E-state index contributed by atoms with van der Waals surface area (Å²) in [4.78, 5) is 12.3. The number of benzene rings is 2. The molecule has 0 radical (unpaired) electrons. The summed E-state index contributed by atoms with van der Waals surface area (Å²) in [6.45, 7) is 9.56. The Balaban J connectivity index is 1.56. The molecule has 0 amide bonds. The lowest BCUT2D eigenvalue weighted by Gasteiger charge is -2.33. The summed E-state index contributed by atoms with van der Waals surface area (Å²) in [5.41, 5.74) is 2.08. The lowest BCUT2D eigenvalue weighted by Crippen LogP contribution is -2.39. The minimum atomic E-state index is -0.156. The quantitative estimate of drug-likeness (QED) is 0.588. The van der Waals surface area contributed by atoms with E-state index >= 15 is 0 Å². The maximum absolute atomic E-state index is 5.54. The van der Waals surface area contributed by atoms with Gasteiger partial charge in [-0.05, 0) is 24.5 Å². The second-order valence-corrected chi connectivity index (χ2v) is 9.55. The predicted octanol–water partition coefficient (Wildman–Crippen LogP) is 5.02. The summed E-state index contributed by atoms with van der Waals surface area (Å²) in [6, 6.07) is 15.0. The molecule has 0 saturated carbocycles. The van der Waals surface area contributed by atoms with Gasteiger partial charge in [-0.3, -0.25) is 4.90 Å². The highest BCUT2D eigenvalue weighted by Crippen LogP contribution is 2.36. The minimum absolute atomic E-state index is 0.156. The van der Waals surface area contributed by atoms with Crippen molar-refractivity contribution in [3.05, 3.63) is 53.9 Å². The van der Waals surface area contributed by atoms with E-state index in [1.54, 1.807) is 14.2 Å². The second kappa shape index (κ2) is 9.33. The Kier molecular flexibility index (Phi) is 6.51. The van der Waals surface area contributed by atoms with E-state index in [0.29, 0.717) is 17.5 Å². The number of hydrogen-bond acceptors (Lipinski definition) is 6. The highest BCUT2D eigenvalue weighted by molar-refractivity contribution is 5.92. The SMILES string of the molecule is COc1cc2nc(C(C)(C)C)nc(NC3CCN(Cc4ccccc4)CC3)c2cc1OC. The Morgan fingerprint density at radius 3 is 2.25 bits per heavy atom. The number of nitrogens with one attached hydrogen (secondary N) is 1. The van der Waals surface area contributed by atoms with Gasteiger partial charge in [0.05, 0.1) is 19.7 Å². The van der Waals surface area contributed by atoms with E-state index in [-0.39, 0.29) is 5.41 Å². The first-order valence-electron chi connectivity index (χ1n) is 11.3. The molecule has 0 spiro atoms. The van der Waals surface area contributed by atoms with Gasteiger partial charge in [0.1, 0.15) is 11.6 Å². The van der Waals surface area contributed by atoms with Crippen LogP contribution in [0.4, 0.5) is 5.82 Å². The molecule has 0 atom stereocenters. The lowest BCUT2D eigenvalue weighted by molar-refractivity contribution is 0.211. The number of methoxy groups -OCH3 is 2. The zero-order valence-electron chi connectivity index (χ0n) is 19.8. The first-order valence-corrected chi connectivity index (χ1v) is 11.3. The van der Waals surface area contributed by atoms with Gasteiger partial charge in [-0.25, -0.2) is 9.97 Å². The fraction of sp³-hybridized carbons (Fsp3) is 0.462. The fourth-order valence-electron chi connectivity index (χ4n) is 4.17. The third-order valence-electron chi connectivity index (χ3n) is 6.05. The number of nitrogens with zero attached hydrogens (tertiary/aromatic N) is 3.